The molecule has 0 unspecified atom stereocenters. The maximum Gasteiger partial charge on any atom is 0.353 e. The maximum atomic E-state index is 13.7. The molecule has 0 spiro atoms. The molecule has 3 amide bonds. The van der Waals surface area contributed by atoms with Gasteiger partial charge in [0, 0.05) is 43.1 Å². The Balaban J connectivity index is 1.38. The van der Waals surface area contributed by atoms with E-state index in [4.69, 9.17) is 14.4 Å². The second kappa shape index (κ2) is 11.5. The molecule has 2 fully saturated rings. The van der Waals surface area contributed by atoms with Crippen molar-refractivity contribution in [1.82, 2.24) is 19.7 Å². The Morgan fingerprint density at radius 2 is 1.64 bits per heavy atom. The van der Waals surface area contributed by atoms with Crippen LogP contribution in [-0.4, -0.2) is 72.5 Å². The van der Waals surface area contributed by atoms with E-state index in [9.17, 15) is 18.0 Å². The number of carbonyl (C=O) groups excluding carboxylic acids is 2. The third kappa shape index (κ3) is 6.88. The summed E-state index contributed by atoms with van der Waals surface area (Å²) in [6.45, 7) is 14.3. The lowest BCUT2D eigenvalue weighted by Crippen LogP contribution is -2.50. The first-order chi connectivity index (χ1) is 20.5. The van der Waals surface area contributed by atoms with Gasteiger partial charge in [-0.2, -0.15) is 13.5 Å². The van der Waals surface area contributed by atoms with Gasteiger partial charge < -0.3 is 15.1 Å². The molecule has 1 aromatic carbocycles. The van der Waals surface area contributed by atoms with Gasteiger partial charge >= 0.3 is 6.03 Å². The molecule has 1 aliphatic carbocycles. The minimum Gasteiger partial charge on any atom is -0.353 e. The van der Waals surface area contributed by atoms with Gasteiger partial charge in [-0.3, -0.25) is 4.79 Å². The molecule has 3 aromatic rings. The first-order valence-corrected chi connectivity index (χ1v) is 16.6. The molecule has 1 saturated carbocycles. The fraction of sp³-hybridized carbons (Fsp3) is 0.484. The smallest absolute Gasteiger partial charge is 0.353 e. The predicted molar refractivity (Wildman–Crippen MR) is 170 cm³/mol. The van der Waals surface area contributed by atoms with Crippen molar-refractivity contribution in [3.8, 4) is 5.69 Å². The third-order valence-electron chi connectivity index (χ3n) is 8.06. The van der Waals surface area contributed by atoms with Crippen molar-refractivity contribution in [1.29, 1.82) is 0 Å². The minimum absolute atomic E-state index is 0.122. The Morgan fingerprint density at radius 3 is 2.18 bits per heavy atom. The molecule has 0 radical (unpaired) electrons. The van der Waals surface area contributed by atoms with Gasteiger partial charge in [-0.15, -0.1) is 9.35 Å². The summed E-state index contributed by atoms with van der Waals surface area (Å²) < 4.78 is 31.5. The average Bonchev–Trinajstić information content (AvgIpc) is 3.54. The van der Waals surface area contributed by atoms with Crippen LogP contribution in [0.4, 0.5) is 22.1 Å². The van der Waals surface area contributed by atoms with Gasteiger partial charge in [-0.25, -0.2) is 14.5 Å². The fourth-order valence-electron chi connectivity index (χ4n) is 5.01. The van der Waals surface area contributed by atoms with Crippen LogP contribution in [0.2, 0.25) is 0 Å². The van der Waals surface area contributed by atoms with Crippen molar-refractivity contribution < 1.29 is 22.3 Å². The standard InChI is InChI=1S/C31H41N7O5S/c1-21-8-10-23(11-9-21)37-27(20-25(34-37)30(3,4)5)38(43-44(7,41)42)29(40)33-24-12-13-26(32-22(24)2)35-16-18-36(19-17-35)28(39)31(6)14-15-31/h8-13,20H,14-19H2,1-7H3,(H,33,40). The number of nitrogens with zero attached hydrogens (tertiary/aromatic N) is 6. The number of urea groups is 1. The summed E-state index contributed by atoms with van der Waals surface area (Å²) in [7, 11) is -4.11. The van der Waals surface area contributed by atoms with Crippen LogP contribution in [0.3, 0.4) is 0 Å². The lowest BCUT2D eigenvalue weighted by molar-refractivity contribution is -0.136. The highest BCUT2D eigenvalue weighted by molar-refractivity contribution is 7.86. The van der Waals surface area contributed by atoms with Crippen LogP contribution in [0.5, 0.6) is 0 Å². The molecule has 0 bridgehead atoms. The van der Waals surface area contributed by atoms with Crippen LogP contribution >= 0.6 is 0 Å². The summed E-state index contributed by atoms with van der Waals surface area (Å²) >= 11 is 0. The predicted octanol–water partition coefficient (Wildman–Crippen LogP) is 4.56. The molecular formula is C31H41N7O5S. The second-order valence-corrected chi connectivity index (χ2v) is 14.6. The monoisotopic (exact) mass is 623 g/mol. The SMILES string of the molecule is Cc1ccc(-n2nc(C(C)(C)C)cc2N(OS(C)(=O)=O)C(=O)Nc2ccc(N3CCN(C(=O)C4(C)CC4)CC3)nc2C)cc1. The van der Waals surface area contributed by atoms with Crippen molar-refractivity contribution in [2.24, 2.45) is 5.41 Å². The number of carbonyl (C=O) groups is 2. The largest absolute Gasteiger partial charge is 0.353 e. The molecule has 13 heteroatoms. The Hall–Kier alpha value is -3.97. The van der Waals surface area contributed by atoms with Gasteiger partial charge in [0.2, 0.25) is 5.91 Å². The zero-order valence-corrected chi connectivity index (χ0v) is 27.2. The van der Waals surface area contributed by atoms with E-state index in [1.54, 1.807) is 25.1 Å². The Kier molecular flexibility index (Phi) is 8.23. The van der Waals surface area contributed by atoms with Gasteiger partial charge in [-0.1, -0.05) is 45.4 Å². The normalized spacial score (nSPS) is 16.5. The lowest BCUT2D eigenvalue weighted by Gasteiger charge is -2.36. The fourth-order valence-corrected chi connectivity index (χ4v) is 5.43. The lowest BCUT2D eigenvalue weighted by atomic mass is 9.92. The number of benzene rings is 1. The summed E-state index contributed by atoms with van der Waals surface area (Å²) in [6, 6.07) is 11.8. The van der Waals surface area contributed by atoms with Crippen molar-refractivity contribution >= 4 is 39.4 Å². The quantitative estimate of drug-likeness (QED) is 0.379. The number of nitrogens with one attached hydrogen (secondary N) is 1. The van der Waals surface area contributed by atoms with E-state index in [2.05, 4.69) is 10.2 Å². The first kappa shape index (κ1) is 31.5. The summed E-state index contributed by atoms with van der Waals surface area (Å²) in [5.74, 6) is 1.09. The summed E-state index contributed by atoms with van der Waals surface area (Å²) in [5.41, 5.74) is 2.66. The number of aryl methyl sites for hydroxylation is 2. The average molecular weight is 624 g/mol. The molecule has 3 heterocycles. The highest BCUT2D eigenvalue weighted by atomic mass is 32.2. The van der Waals surface area contributed by atoms with Gasteiger partial charge in [0.25, 0.3) is 10.1 Å². The molecule has 2 aromatic heterocycles. The van der Waals surface area contributed by atoms with Crippen LogP contribution in [0.25, 0.3) is 5.69 Å². The Morgan fingerprint density at radius 1 is 1.00 bits per heavy atom. The molecule has 5 rings (SSSR count). The van der Waals surface area contributed by atoms with Crippen molar-refractivity contribution in [3.05, 3.63) is 59.4 Å². The molecule has 44 heavy (non-hydrogen) atoms. The van der Waals surface area contributed by atoms with Crippen molar-refractivity contribution in [3.63, 3.8) is 0 Å². The third-order valence-corrected chi connectivity index (χ3v) is 8.48. The second-order valence-electron chi connectivity index (χ2n) is 13.0. The van der Waals surface area contributed by atoms with E-state index in [1.807, 2.05) is 63.8 Å². The zero-order valence-electron chi connectivity index (χ0n) is 26.4. The van der Waals surface area contributed by atoms with Gasteiger partial charge in [0.05, 0.1) is 29.0 Å². The number of piperazine rings is 1. The number of hydrogen-bond acceptors (Lipinski definition) is 8. The van der Waals surface area contributed by atoms with Crippen LogP contribution in [0.1, 0.15) is 57.5 Å². The molecular weight excluding hydrogens is 582 g/mol. The van der Waals surface area contributed by atoms with Gasteiger partial charge in [0.15, 0.2) is 5.82 Å². The Bertz CT molecular complexity index is 1670. The van der Waals surface area contributed by atoms with Crippen LogP contribution in [0, 0.1) is 19.3 Å². The van der Waals surface area contributed by atoms with E-state index < -0.39 is 21.6 Å². The van der Waals surface area contributed by atoms with Crippen LogP contribution in [0.15, 0.2) is 42.5 Å². The summed E-state index contributed by atoms with van der Waals surface area (Å²) in [5, 5.41) is 8.19. The Labute approximate surface area is 259 Å². The number of hydroxylamine groups is 1. The van der Waals surface area contributed by atoms with E-state index in [0.717, 1.165) is 30.5 Å². The highest BCUT2D eigenvalue weighted by Crippen LogP contribution is 2.46. The molecule has 1 aliphatic heterocycles. The molecule has 2 aliphatic rings. The number of pyridine rings is 1. The summed E-state index contributed by atoms with van der Waals surface area (Å²) in [6.07, 6.45) is 2.79. The molecule has 0 atom stereocenters. The van der Waals surface area contributed by atoms with E-state index >= 15 is 0 Å². The van der Waals surface area contributed by atoms with E-state index in [-0.39, 0.29) is 17.1 Å². The first-order valence-electron chi connectivity index (χ1n) is 14.7. The van der Waals surface area contributed by atoms with Crippen LogP contribution < -0.4 is 15.3 Å². The maximum absolute atomic E-state index is 13.7. The number of anilines is 3. The molecule has 236 valence electrons. The van der Waals surface area contributed by atoms with E-state index in [1.165, 1.54) is 4.68 Å². The van der Waals surface area contributed by atoms with Crippen molar-refractivity contribution in [2.45, 2.75) is 59.8 Å². The van der Waals surface area contributed by atoms with E-state index in [0.29, 0.717) is 54.0 Å². The van der Waals surface area contributed by atoms with Gasteiger partial charge in [0.1, 0.15) is 5.82 Å². The number of amides is 3. The topological polar surface area (TPSA) is 130 Å². The minimum atomic E-state index is -4.11. The highest BCUT2D eigenvalue weighted by Gasteiger charge is 2.47. The van der Waals surface area contributed by atoms with Crippen molar-refractivity contribution in [2.75, 3.05) is 47.7 Å². The summed E-state index contributed by atoms with van der Waals surface area (Å²) in [4.78, 5) is 35.2. The molecule has 1 saturated heterocycles. The number of aromatic nitrogens is 3. The van der Waals surface area contributed by atoms with Gasteiger partial charge in [-0.05, 0) is 51.0 Å². The molecule has 1 N–H and O–H groups in total. The molecule has 12 nitrogen and oxygen atoms in total. The van der Waals surface area contributed by atoms with Crippen LogP contribution in [-0.2, 0) is 24.6 Å². The number of rotatable bonds is 7. The number of hydrogen-bond donors (Lipinski definition) is 1. The zero-order chi connectivity index (χ0) is 32.0.